The van der Waals surface area contributed by atoms with E-state index in [0.717, 1.165) is 10.5 Å². The minimum Gasteiger partial charge on any atom is -0.218 e. The van der Waals surface area contributed by atoms with E-state index >= 15 is 0 Å². The number of fused-ring (bicyclic) bond motifs is 1. The summed E-state index contributed by atoms with van der Waals surface area (Å²) in [7, 11) is -3.73. The third-order valence-corrected chi connectivity index (χ3v) is 7.87. The van der Waals surface area contributed by atoms with Crippen molar-refractivity contribution >= 4 is 44.2 Å². The van der Waals surface area contributed by atoms with Gasteiger partial charge in [-0.05, 0) is 54.5 Å². The smallest absolute Gasteiger partial charge is 0.208 e. The van der Waals surface area contributed by atoms with Crippen molar-refractivity contribution in [2.75, 3.05) is 0 Å². The van der Waals surface area contributed by atoms with Crippen LogP contribution in [0.2, 0.25) is 5.02 Å². The largest absolute Gasteiger partial charge is 0.218 e. The molecule has 140 valence electrons. The summed E-state index contributed by atoms with van der Waals surface area (Å²) in [6.07, 6.45) is 3.87. The van der Waals surface area contributed by atoms with Gasteiger partial charge in [0.15, 0.2) is 0 Å². The molecule has 0 bridgehead atoms. The molecule has 1 aliphatic rings. The lowest BCUT2D eigenvalue weighted by molar-refractivity contribution is 0.606. The summed E-state index contributed by atoms with van der Waals surface area (Å²) in [6.45, 7) is 2.05. The number of rotatable bonds is 3. The van der Waals surface area contributed by atoms with Gasteiger partial charge in [-0.1, -0.05) is 77.5 Å². The predicted molar refractivity (Wildman–Crippen MR) is 118 cm³/mol. The molecular formula is C23H17ClO2S2. The molecule has 3 aromatic carbocycles. The standard InChI is InChI=1S/C23H17ClO2S2/c1-16-7-13-21-18(15-16)8-14-22(27-21)23(17-5-3-2-4-6-17)28(25,26)20-11-9-19(24)10-12-20/h2-15H,1H3/b23-22+. The molecule has 0 spiro atoms. The highest BCUT2D eigenvalue weighted by molar-refractivity contribution is 8.06. The minimum atomic E-state index is -3.73. The zero-order chi connectivity index (χ0) is 19.7. The van der Waals surface area contributed by atoms with Crippen LogP contribution in [-0.2, 0) is 9.84 Å². The first-order valence-corrected chi connectivity index (χ1v) is 11.4. The molecule has 28 heavy (non-hydrogen) atoms. The number of thioether (sulfide) groups is 1. The van der Waals surface area contributed by atoms with E-state index in [1.807, 2.05) is 61.5 Å². The van der Waals surface area contributed by atoms with Gasteiger partial charge in [0.25, 0.3) is 0 Å². The van der Waals surface area contributed by atoms with E-state index in [1.165, 1.54) is 17.3 Å². The Kier molecular flexibility index (Phi) is 5.19. The Morgan fingerprint density at radius 1 is 0.893 bits per heavy atom. The van der Waals surface area contributed by atoms with Gasteiger partial charge in [-0.2, -0.15) is 0 Å². The highest BCUT2D eigenvalue weighted by Gasteiger charge is 2.27. The van der Waals surface area contributed by atoms with E-state index in [2.05, 4.69) is 6.07 Å². The van der Waals surface area contributed by atoms with Crippen LogP contribution in [0.1, 0.15) is 16.7 Å². The molecule has 1 aliphatic heterocycles. The third kappa shape index (κ3) is 3.68. The van der Waals surface area contributed by atoms with E-state index in [9.17, 15) is 8.42 Å². The summed E-state index contributed by atoms with van der Waals surface area (Å²) in [5, 5.41) is 0.504. The van der Waals surface area contributed by atoms with Crippen LogP contribution in [0, 0.1) is 6.92 Å². The monoisotopic (exact) mass is 424 g/mol. The number of hydrogen-bond donors (Lipinski definition) is 0. The first-order valence-electron chi connectivity index (χ1n) is 8.72. The summed E-state index contributed by atoms with van der Waals surface area (Å²) in [5.74, 6) is 0. The molecule has 0 radical (unpaired) electrons. The van der Waals surface area contributed by atoms with Crippen LogP contribution in [0.3, 0.4) is 0 Å². The molecule has 1 heterocycles. The van der Waals surface area contributed by atoms with Crippen molar-refractivity contribution in [3.8, 4) is 0 Å². The molecule has 3 aromatic rings. The van der Waals surface area contributed by atoms with Crippen molar-refractivity contribution in [1.29, 1.82) is 0 Å². The van der Waals surface area contributed by atoms with Crippen LogP contribution in [0.25, 0.3) is 11.0 Å². The third-order valence-electron chi connectivity index (χ3n) is 4.45. The first kappa shape index (κ1) is 19.1. The molecule has 0 saturated heterocycles. The maximum absolute atomic E-state index is 13.6. The fourth-order valence-corrected chi connectivity index (χ4v) is 6.14. The molecule has 0 fully saturated rings. The number of halogens is 1. The molecule has 5 heteroatoms. The average Bonchev–Trinajstić information content (AvgIpc) is 2.69. The van der Waals surface area contributed by atoms with Gasteiger partial charge in [-0.3, -0.25) is 0 Å². The van der Waals surface area contributed by atoms with Crippen molar-refractivity contribution in [1.82, 2.24) is 0 Å². The average molecular weight is 425 g/mol. The molecule has 0 unspecified atom stereocenters. The van der Waals surface area contributed by atoms with E-state index < -0.39 is 9.84 Å². The lowest BCUT2D eigenvalue weighted by Gasteiger charge is -2.18. The van der Waals surface area contributed by atoms with Crippen molar-refractivity contribution in [3.63, 3.8) is 0 Å². The Balaban J connectivity index is 1.92. The Morgan fingerprint density at radius 2 is 1.61 bits per heavy atom. The van der Waals surface area contributed by atoms with Gasteiger partial charge in [-0.15, -0.1) is 0 Å². The second kappa shape index (κ2) is 7.63. The molecular weight excluding hydrogens is 408 g/mol. The molecule has 2 nitrogen and oxygen atoms in total. The van der Waals surface area contributed by atoms with Gasteiger partial charge in [-0.25, -0.2) is 8.42 Å². The van der Waals surface area contributed by atoms with E-state index in [1.54, 1.807) is 24.3 Å². The van der Waals surface area contributed by atoms with E-state index in [4.69, 9.17) is 11.6 Å². The normalized spacial score (nSPS) is 15.2. The van der Waals surface area contributed by atoms with Gasteiger partial charge in [0.1, 0.15) is 0 Å². The second-order valence-electron chi connectivity index (χ2n) is 6.49. The fraction of sp³-hybridized carbons (Fsp3) is 0.0435. The second-order valence-corrected chi connectivity index (χ2v) is 9.90. The summed E-state index contributed by atoms with van der Waals surface area (Å²) in [6, 6.07) is 21.7. The summed E-state index contributed by atoms with van der Waals surface area (Å²) in [5.41, 5.74) is 2.94. The van der Waals surface area contributed by atoms with Crippen LogP contribution < -0.4 is 0 Å². The lowest BCUT2D eigenvalue weighted by atomic mass is 10.1. The zero-order valence-corrected chi connectivity index (χ0v) is 17.5. The van der Waals surface area contributed by atoms with Crippen LogP contribution in [0.4, 0.5) is 0 Å². The quantitative estimate of drug-likeness (QED) is 0.474. The van der Waals surface area contributed by atoms with Gasteiger partial charge in [0.2, 0.25) is 9.84 Å². The van der Waals surface area contributed by atoms with Gasteiger partial charge in [0, 0.05) is 14.8 Å². The van der Waals surface area contributed by atoms with E-state index in [-0.39, 0.29) is 4.90 Å². The SMILES string of the molecule is Cc1ccc2c(c1)C=C/C(=C(/c1ccccc1)S(=O)(=O)c1ccc(Cl)cc1)S2. The van der Waals surface area contributed by atoms with Crippen molar-refractivity contribution in [2.24, 2.45) is 0 Å². The first-order chi connectivity index (χ1) is 13.4. The van der Waals surface area contributed by atoms with Crippen molar-refractivity contribution in [3.05, 3.63) is 105 Å². The van der Waals surface area contributed by atoms with Crippen LogP contribution in [0.15, 0.2) is 93.6 Å². The Hall–Kier alpha value is -2.27. The molecule has 0 aliphatic carbocycles. The van der Waals surface area contributed by atoms with Crippen LogP contribution in [-0.4, -0.2) is 8.42 Å². The number of hydrogen-bond acceptors (Lipinski definition) is 3. The summed E-state index contributed by atoms with van der Waals surface area (Å²) < 4.78 is 27.1. The van der Waals surface area contributed by atoms with Gasteiger partial charge >= 0.3 is 0 Å². The van der Waals surface area contributed by atoms with Crippen LogP contribution >= 0.6 is 23.4 Å². The minimum absolute atomic E-state index is 0.229. The molecule has 0 atom stereocenters. The van der Waals surface area contributed by atoms with Crippen molar-refractivity contribution < 1.29 is 8.42 Å². The lowest BCUT2D eigenvalue weighted by Crippen LogP contribution is -2.07. The van der Waals surface area contributed by atoms with Gasteiger partial charge in [0.05, 0.1) is 9.80 Å². The van der Waals surface area contributed by atoms with Crippen LogP contribution in [0.5, 0.6) is 0 Å². The Morgan fingerprint density at radius 3 is 2.32 bits per heavy atom. The number of aryl methyl sites for hydroxylation is 1. The maximum Gasteiger partial charge on any atom is 0.208 e. The maximum atomic E-state index is 13.6. The Bertz CT molecular complexity index is 1190. The number of allylic oxidation sites excluding steroid dienone is 1. The van der Waals surface area contributed by atoms with Gasteiger partial charge < -0.3 is 0 Å². The number of benzene rings is 3. The molecule has 4 rings (SSSR count). The summed E-state index contributed by atoms with van der Waals surface area (Å²) in [4.78, 5) is 2.29. The topological polar surface area (TPSA) is 34.1 Å². The zero-order valence-electron chi connectivity index (χ0n) is 15.1. The molecule has 0 aromatic heterocycles. The number of sulfone groups is 1. The molecule has 0 saturated carbocycles. The van der Waals surface area contributed by atoms with Crippen molar-refractivity contribution in [2.45, 2.75) is 16.7 Å². The fourth-order valence-electron chi connectivity index (χ4n) is 3.08. The molecule has 0 N–H and O–H groups in total. The Labute approximate surface area is 174 Å². The highest BCUT2D eigenvalue weighted by atomic mass is 35.5. The summed E-state index contributed by atoms with van der Waals surface area (Å²) >= 11 is 7.43. The highest BCUT2D eigenvalue weighted by Crippen LogP contribution is 2.43. The van der Waals surface area contributed by atoms with E-state index in [0.29, 0.717) is 20.4 Å². The molecule has 0 amide bonds. The predicted octanol–water partition coefficient (Wildman–Crippen LogP) is 6.61.